The predicted octanol–water partition coefficient (Wildman–Crippen LogP) is 5.06. The Morgan fingerprint density at radius 2 is 1.74 bits per heavy atom. The van der Waals surface area contributed by atoms with Crippen molar-refractivity contribution in [1.29, 1.82) is 0 Å². The lowest BCUT2D eigenvalue weighted by Crippen LogP contribution is -2.27. The van der Waals surface area contributed by atoms with E-state index in [1.165, 1.54) is 22.0 Å². The normalized spacial score (nSPS) is 12.4. The van der Waals surface area contributed by atoms with Gasteiger partial charge in [0.05, 0.1) is 0 Å². The number of para-hydroxylation sites is 1. The van der Waals surface area contributed by atoms with Crippen LogP contribution in [-0.2, 0) is 18.3 Å². The molecule has 142 valence electrons. The number of aryl methyl sites for hydroxylation is 1. The number of carbonyl (C=O) groups excluding carboxylic acids is 1. The van der Waals surface area contributed by atoms with Crippen molar-refractivity contribution in [1.82, 2.24) is 9.88 Å². The Balaban J connectivity index is 1.84. The quantitative estimate of drug-likeness (QED) is 0.597. The molecule has 0 bridgehead atoms. The summed E-state index contributed by atoms with van der Waals surface area (Å²) in [6.45, 7) is 5.12. The van der Waals surface area contributed by atoms with Gasteiger partial charge in [0.1, 0.15) is 0 Å². The van der Waals surface area contributed by atoms with Gasteiger partial charge in [-0.3, -0.25) is 4.79 Å². The molecule has 0 saturated carbocycles. The first-order valence-electron chi connectivity index (χ1n) is 9.89. The number of amides is 1. The average molecular weight is 363 g/mol. The Morgan fingerprint density at radius 1 is 1.04 bits per heavy atom. The summed E-state index contributed by atoms with van der Waals surface area (Å²) in [7, 11) is 2.08. The lowest BCUT2D eigenvalue weighted by molar-refractivity contribution is -0.121. The smallest absolute Gasteiger partial charge is 0.220 e. The fraction of sp³-hybridized carbons (Fsp3) is 0.375. The Kier molecular flexibility index (Phi) is 6.33. The van der Waals surface area contributed by atoms with Crippen molar-refractivity contribution in [2.75, 3.05) is 6.54 Å². The van der Waals surface area contributed by atoms with Crippen molar-refractivity contribution in [2.24, 2.45) is 13.0 Å². The molecule has 3 aromatic rings. The first-order chi connectivity index (χ1) is 13.0. The lowest BCUT2D eigenvalue weighted by atomic mass is 9.88. The van der Waals surface area contributed by atoms with Crippen LogP contribution in [0.4, 0.5) is 0 Å². The molecule has 0 aliphatic rings. The van der Waals surface area contributed by atoms with E-state index >= 15 is 0 Å². The van der Waals surface area contributed by atoms with Crippen LogP contribution >= 0.6 is 0 Å². The third kappa shape index (κ3) is 5.00. The molecule has 0 spiro atoms. The van der Waals surface area contributed by atoms with Crippen LogP contribution in [-0.4, -0.2) is 17.0 Å². The fourth-order valence-corrected chi connectivity index (χ4v) is 3.69. The molecule has 0 saturated heterocycles. The zero-order chi connectivity index (χ0) is 19.2. The molecule has 1 amide bonds. The Morgan fingerprint density at radius 3 is 2.48 bits per heavy atom. The van der Waals surface area contributed by atoms with Crippen LogP contribution in [0.1, 0.15) is 43.7 Å². The van der Waals surface area contributed by atoms with Crippen LogP contribution in [0.5, 0.6) is 0 Å². The second kappa shape index (κ2) is 8.90. The van der Waals surface area contributed by atoms with E-state index in [2.05, 4.69) is 85.5 Å². The number of aromatic nitrogens is 1. The Hall–Kier alpha value is -2.55. The molecule has 27 heavy (non-hydrogen) atoms. The number of nitrogens with zero attached hydrogens (tertiary/aromatic N) is 1. The Bertz CT molecular complexity index is 880. The molecule has 1 heterocycles. The number of rotatable bonds is 8. The first-order valence-corrected chi connectivity index (χ1v) is 9.89. The van der Waals surface area contributed by atoms with Crippen molar-refractivity contribution in [3.63, 3.8) is 0 Å². The van der Waals surface area contributed by atoms with Crippen LogP contribution in [0.25, 0.3) is 10.9 Å². The largest absolute Gasteiger partial charge is 0.356 e. The highest BCUT2D eigenvalue weighted by atomic mass is 16.1. The van der Waals surface area contributed by atoms with Gasteiger partial charge in [-0.1, -0.05) is 62.4 Å². The molecule has 1 unspecified atom stereocenters. The molecular weight excluding hydrogens is 332 g/mol. The minimum Gasteiger partial charge on any atom is -0.356 e. The highest BCUT2D eigenvalue weighted by Gasteiger charge is 2.21. The van der Waals surface area contributed by atoms with Gasteiger partial charge in [0.2, 0.25) is 5.91 Å². The van der Waals surface area contributed by atoms with Crippen LogP contribution in [0.15, 0.2) is 60.8 Å². The third-order valence-corrected chi connectivity index (χ3v) is 5.17. The number of hydrogen-bond acceptors (Lipinski definition) is 1. The van der Waals surface area contributed by atoms with Gasteiger partial charge in [-0.2, -0.15) is 0 Å². The summed E-state index contributed by atoms with van der Waals surface area (Å²) in [5.41, 5.74) is 3.74. The van der Waals surface area contributed by atoms with E-state index in [4.69, 9.17) is 0 Å². The summed E-state index contributed by atoms with van der Waals surface area (Å²) in [4.78, 5) is 12.6. The summed E-state index contributed by atoms with van der Waals surface area (Å²) in [6, 6.07) is 18.9. The van der Waals surface area contributed by atoms with E-state index in [0.717, 1.165) is 19.4 Å². The minimum atomic E-state index is 0.143. The van der Waals surface area contributed by atoms with Gasteiger partial charge in [-0.15, -0.1) is 0 Å². The molecule has 3 nitrogen and oxygen atoms in total. The third-order valence-electron chi connectivity index (χ3n) is 5.17. The van der Waals surface area contributed by atoms with E-state index in [-0.39, 0.29) is 11.8 Å². The van der Waals surface area contributed by atoms with E-state index in [9.17, 15) is 4.79 Å². The number of carbonyl (C=O) groups is 1. The van der Waals surface area contributed by atoms with E-state index in [1.807, 2.05) is 6.07 Å². The topological polar surface area (TPSA) is 34.0 Å². The lowest BCUT2D eigenvalue weighted by Gasteiger charge is -2.17. The molecular formula is C24H30N2O. The molecule has 1 atom stereocenters. The maximum absolute atomic E-state index is 12.6. The van der Waals surface area contributed by atoms with Crippen LogP contribution < -0.4 is 5.32 Å². The van der Waals surface area contributed by atoms with Gasteiger partial charge in [0, 0.05) is 37.1 Å². The van der Waals surface area contributed by atoms with Gasteiger partial charge in [-0.05, 0) is 41.9 Å². The highest BCUT2D eigenvalue weighted by molar-refractivity contribution is 5.86. The first kappa shape index (κ1) is 19.2. The second-order valence-corrected chi connectivity index (χ2v) is 7.84. The molecule has 2 aromatic carbocycles. The van der Waals surface area contributed by atoms with Crippen molar-refractivity contribution in [2.45, 2.75) is 39.0 Å². The summed E-state index contributed by atoms with van der Waals surface area (Å²) in [6.07, 6.45) is 4.59. The zero-order valence-corrected chi connectivity index (χ0v) is 16.6. The monoisotopic (exact) mass is 362 g/mol. The van der Waals surface area contributed by atoms with Gasteiger partial charge in [0.15, 0.2) is 0 Å². The van der Waals surface area contributed by atoms with Crippen molar-refractivity contribution in [3.05, 3.63) is 71.9 Å². The summed E-state index contributed by atoms with van der Waals surface area (Å²) in [5, 5.41) is 4.36. The summed E-state index contributed by atoms with van der Waals surface area (Å²) in [5.74, 6) is 0.908. The molecule has 3 rings (SSSR count). The molecule has 0 fully saturated rings. The number of fused-ring (bicyclic) bond motifs is 1. The number of benzene rings is 2. The summed E-state index contributed by atoms with van der Waals surface area (Å²) < 4.78 is 2.17. The molecule has 0 aliphatic heterocycles. The SMILES string of the molecule is CC(C)CCNC(=O)CC(Cc1ccccc1)c1cn(C)c2ccccc12. The van der Waals surface area contributed by atoms with Crippen LogP contribution in [0, 0.1) is 5.92 Å². The van der Waals surface area contributed by atoms with Gasteiger partial charge in [-0.25, -0.2) is 0 Å². The van der Waals surface area contributed by atoms with E-state index < -0.39 is 0 Å². The maximum Gasteiger partial charge on any atom is 0.220 e. The minimum absolute atomic E-state index is 0.143. The second-order valence-electron chi connectivity index (χ2n) is 7.84. The van der Waals surface area contributed by atoms with Gasteiger partial charge >= 0.3 is 0 Å². The standard InChI is InChI=1S/C24H30N2O/c1-18(2)13-14-25-24(27)16-20(15-19-9-5-4-6-10-19)22-17-26(3)23-12-8-7-11-21(22)23/h4-12,17-18,20H,13-16H2,1-3H3,(H,25,27). The van der Waals surface area contributed by atoms with Gasteiger partial charge < -0.3 is 9.88 Å². The summed E-state index contributed by atoms with van der Waals surface area (Å²) >= 11 is 0. The molecule has 0 aliphatic carbocycles. The zero-order valence-electron chi connectivity index (χ0n) is 16.6. The van der Waals surface area contributed by atoms with Crippen molar-refractivity contribution >= 4 is 16.8 Å². The Labute approximate surface area is 162 Å². The van der Waals surface area contributed by atoms with Crippen LogP contribution in [0.3, 0.4) is 0 Å². The average Bonchev–Trinajstić information content (AvgIpc) is 2.99. The molecule has 1 N–H and O–H groups in total. The van der Waals surface area contributed by atoms with E-state index in [1.54, 1.807) is 0 Å². The number of nitrogens with one attached hydrogen (secondary N) is 1. The predicted molar refractivity (Wildman–Crippen MR) is 113 cm³/mol. The molecule has 1 aromatic heterocycles. The molecule has 3 heteroatoms. The fourth-order valence-electron chi connectivity index (χ4n) is 3.69. The highest BCUT2D eigenvalue weighted by Crippen LogP contribution is 2.32. The maximum atomic E-state index is 12.6. The van der Waals surface area contributed by atoms with Crippen molar-refractivity contribution < 1.29 is 4.79 Å². The van der Waals surface area contributed by atoms with Gasteiger partial charge in [0.25, 0.3) is 0 Å². The number of hydrogen-bond donors (Lipinski definition) is 1. The van der Waals surface area contributed by atoms with Crippen LogP contribution in [0.2, 0.25) is 0 Å². The van der Waals surface area contributed by atoms with Crippen molar-refractivity contribution in [3.8, 4) is 0 Å². The van der Waals surface area contributed by atoms with E-state index in [0.29, 0.717) is 12.3 Å². The molecule has 0 radical (unpaired) electrons.